The Morgan fingerprint density at radius 2 is 2.13 bits per heavy atom. The molecule has 0 aromatic rings. The molecule has 132 valence electrons. The summed E-state index contributed by atoms with van der Waals surface area (Å²) in [4.78, 5) is 22.8. The Labute approximate surface area is 142 Å². The third-order valence-electron chi connectivity index (χ3n) is 2.70. The molecule has 0 aliphatic carbocycles. The molecule has 0 bridgehead atoms. The molecule has 8 heteroatoms. The number of amides is 1. The van der Waals surface area contributed by atoms with Crippen molar-refractivity contribution in [2.75, 3.05) is 32.6 Å². The van der Waals surface area contributed by atoms with Gasteiger partial charge in [0, 0.05) is 32.2 Å². The van der Waals surface area contributed by atoms with E-state index in [9.17, 15) is 9.59 Å². The number of methoxy groups -OCH3 is 1. The normalized spacial score (nSPS) is 12.7. The van der Waals surface area contributed by atoms with Crippen LogP contribution in [0.2, 0.25) is 0 Å². The molecule has 0 saturated heterocycles. The summed E-state index contributed by atoms with van der Waals surface area (Å²) in [6, 6.07) is 0. The van der Waals surface area contributed by atoms with Crippen LogP contribution in [0, 0.1) is 11.8 Å². The number of aliphatic hydroxyl groups is 1. The van der Waals surface area contributed by atoms with Crippen molar-refractivity contribution in [3.05, 3.63) is 0 Å². The Kier molecular flexibility index (Phi) is 13.5. The van der Waals surface area contributed by atoms with E-state index in [4.69, 9.17) is 19.3 Å². The number of ether oxygens (including phenoxy) is 3. The molecular formula is C15H25NO6S. The molecular weight excluding hydrogens is 322 g/mol. The number of rotatable bonds is 11. The van der Waals surface area contributed by atoms with Gasteiger partial charge in [0.05, 0.1) is 12.7 Å². The van der Waals surface area contributed by atoms with Crippen molar-refractivity contribution in [3.63, 3.8) is 0 Å². The van der Waals surface area contributed by atoms with Crippen LogP contribution in [0.4, 0.5) is 4.79 Å². The van der Waals surface area contributed by atoms with Gasteiger partial charge in [-0.25, -0.2) is 4.79 Å². The van der Waals surface area contributed by atoms with E-state index >= 15 is 0 Å². The first kappa shape index (κ1) is 21.7. The summed E-state index contributed by atoms with van der Waals surface area (Å²) >= 11 is 3.98. The lowest BCUT2D eigenvalue weighted by Gasteiger charge is -2.21. The van der Waals surface area contributed by atoms with Gasteiger partial charge in [-0.05, 0) is 12.3 Å². The van der Waals surface area contributed by atoms with Crippen molar-refractivity contribution in [2.45, 2.75) is 38.6 Å². The molecule has 23 heavy (non-hydrogen) atoms. The number of thiol groups is 1. The van der Waals surface area contributed by atoms with Crippen LogP contribution in [0.5, 0.6) is 0 Å². The second kappa shape index (κ2) is 14.3. The first-order valence-electron chi connectivity index (χ1n) is 7.39. The standard InChI is InChI=1S/C15H25NO6S/c1-3-13(10-17)22-14(20-2)11-21-15(19)16-8-7-12(18)6-4-5-9-23/h13-14,17,23H,3,5,7-11H2,1-2H3,(H,16,19). The number of Topliss-reactive ketones (excluding diaryl/α,β-unsaturated/α-hetero) is 1. The van der Waals surface area contributed by atoms with E-state index in [1.807, 2.05) is 6.92 Å². The minimum absolute atomic E-state index is 0.112. The molecule has 0 aromatic carbocycles. The number of ketones is 1. The van der Waals surface area contributed by atoms with Gasteiger partial charge in [0.15, 0.2) is 6.29 Å². The molecule has 2 unspecified atom stereocenters. The maximum atomic E-state index is 11.5. The second-order valence-corrected chi connectivity index (χ2v) is 4.94. The number of hydrogen-bond donors (Lipinski definition) is 3. The third kappa shape index (κ3) is 11.9. The average Bonchev–Trinajstić information content (AvgIpc) is 2.55. The van der Waals surface area contributed by atoms with Gasteiger partial charge in [-0.2, -0.15) is 12.6 Å². The monoisotopic (exact) mass is 347 g/mol. The number of carbonyl (C=O) groups excluding carboxylic acids is 2. The quantitative estimate of drug-likeness (QED) is 0.221. The molecule has 0 spiro atoms. The van der Waals surface area contributed by atoms with Crippen molar-refractivity contribution in [1.29, 1.82) is 0 Å². The average molecular weight is 347 g/mol. The van der Waals surface area contributed by atoms with Crippen molar-refractivity contribution < 1.29 is 28.9 Å². The third-order valence-corrected chi connectivity index (χ3v) is 2.93. The van der Waals surface area contributed by atoms with Gasteiger partial charge in [-0.3, -0.25) is 4.79 Å². The maximum absolute atomic E-state index is 11.5. The lowest BCUT2D eigenvalue weighted by molar-refractivity contribution is -0.181. The van der Waals surface area contributed by atoms with Gasteiger partial charge < -0.3 is 24.6 Å². The van der Waals surface area contributed by atoms with Gasteiger partial charge in [0.1, 0.15) is 6.61 Å². The Morgan fingerprint density at radius 3 is 2.70 bits per heavy atom. The van der Waals surface area contributed by atoms with Crippen LogP contribution >= 0.6 is 12.6 Å². The SMILES string of the molecule is CCC(CO)OC(COC(=O)NCCC(=O)C#CCCS)OC. The highest BCUT2D eigenvalue weighted by Crippen LogP contribution is 2.04. The predicted molar refractivity (Wildman–Crippen MR) is 88.3 cm³/mol. The fourth-order valence-corrected chi connectivity index (χ4v) is 1.51. The number of aliphatic hydroxyl groups excluding tert-OH is 1. The number of nitrogens with one attached hydrogen (secondary N) is 1. The van der Waals surface area contributed by atoms with E-state index in [0.29, 0.717) is 18.6 Å². The molecule has 0 aromatic heterocycles. The summed E-state index contributed by atoms with van der Waals surface area (Å²) in [6.07, 6.45) is -0.536. The fraction of sp³-hybridized carbons (Fsp3) is 0.733. The van der Waals surface area contributed by atoms with Crippen LogP contribution in [0.15, 0.2) is 0 Å². The van der Waals surface area contributed by atoms with Gasteiger partial charge in [-0.1, -0.05) is 12.8 Å². The van der Waals surface area contributed by atoms with E-state index in [1.165, 1.54) is 7.11 Å². The molecule has 2 atom stereocenters. The smallest absolute Gasteiger partial charge is 0.407 e. The Bertz CT molecular complexity index is 403. The molecule has 0 fully saturated rings. The number of carbonyl (C=O) groups is 2. The lowest BCUT2D eigenvalue weighted by atomic mass is 10.3. The van der Waals surface area contributed by atoms with Crippen LogP contribution in [-0.2, 0) is 19.0 Å². The Morgan fingerprint density at radius 1 is 1.39 bits per heavy atom. The Hall–Kier alpha value is -1.27. The molecule has 0 aliphatic rings. The molecule has 0 saturated carbocycles. The van der Waals surface area contributed by atoms with Crippen molar-refractivity contribution in [1.82, 2.24) is 5.32 Å². The second-order valence-electron chi connectivity index (χ2n) is 4.49. The maximum Gasteiger partial charge on any atom is 0.407 e. The zero-order valence-corrected chi connectivity index (χ0v) is 14.4. The number of hydrogen-bond acceptors (Lipinski definition) is 7. The van der Waals surface area contributed by atoms with Crippen molar-refractivity contribution in [3.8, 4) is 11.8 Å². The highest BCUT2D eigenvalue weighted by Gasteiger charge is 2.16. The zero-order valence-electron chi connectivity index (χ0n) is 13.5. The van der Waals surface area contributed by atoms with Crippen molar-refractivity contribution >= 4 is 24.5 Å². The molecule has 2 N–H and O–H groups in total. The zero-order chi connectivity index (χ0) is 17.5. The summed E-state index contributed by atoms with van der Waals surface area (Å²) in [5.74, 6) is 5.48. The van der Waals surface area contributed by atoms with E-state index in [0.717, 1.165) is 0 Å². The summed E-state index contributed by atoms with van der Waals surface area (Å²) in [7, 11) is 1.41. The summed E-state index contributed by atoms with van der Waals surface area (Å²) in [5.41, 5.74) is 0. The molecule has 0 heterocycles. The van der Waals surface area contributed by atoms with Crippen molar-refractivity contribution in [2.24, 2.45) is 0 Å². The van der Waals surface area contributed by atoms with E-state index in [-0.39, 0.29) is 38.1 Å². The van der Waals surface area contributed by atoms with E-state index in [1.54, 1.807) is 0 Å². The topological polar surface area (TPSA) is 94.1 Å². The van der Waals surface area contributed by atoms with Gasteiger partial charge in [0.25, 0.3) is 0 Å². The highest BCUT2D eigenvalue weighted by atomic mass is 32.1. The summed E-state index contributed by atoms with van der Waals surface area (Å²) in [5, 5.41) is 11.5. The molecule has 0 aliphatic heterocycles. The lowest BCUT2D eigenvalue weighted by Crippen LogP contribution is -2.34. The van der Waals surface area contributed by atoms with E-state index in [2.05, 4.69) is 29.8 Å². The summed E-state index contributed by atoms with van der Waals surface area (Å²) in [6.45, 7) is 1.74. The Balaban J connectivity index is 3.93. The van der Waals surface area contributed by atoms with Crippen LogP contribution in [-0.4, -0.2) is 62.0 Å². The minimum atomic E-state index is -0.758. The molecule has 7 nitrogen and oxygen atoms in total. The van der Waals surface area contributed by atoms with Crippen LogP contribution in [0.1, 0.15) is 26.2 Å². The summed E-state index contributed by atoms with van der Waals surface area (Å²) < 4.78 is 15.3. The van der Waals surface area contributed by atoms with Gasteiger partial charge in [-0.15, -0.1) is 0 Å². The molecule has 0 rings (SSSR count). The fourth-order valence-electron chi connectivity index (χ4n) is 1.40. The van der Waals surface area contributed by atoms with Crippen LogP contribution in [0.3, 0.4) is 0 Å². The first-order valence-corrected chi connectivity index (χ1v) is 8.02. The van der Waals surface area contributed by atoms with Gasteiger partial charge >= 0.3 is 6.09 Å². The largest absolute Gasteiger partial charge is 0.444 e. The molecule has 1 amide bonds. The first-order chi connectivity index (χ1) is 11.1. The van der Waals surface area contributed by atoms with E-state index < -0.39 is 12.4 Å². The minimum Gasteiger partial charge on any atom is -0.444 e. The van der Waals surface area contributed by atoms with Gasteiger partial charge in [0.2, 0.25) is 5.78 Å². The number of alkyl carbamates (subject to hydrolysis) is 1. The van der Waals surface area contributed by atoms with Crippen LogP contribution < -0.4 is 5.32 Å². The highest BCUT2D eigenvalue weighted by molar-refractivity contribution is 7.80. The molecule has 0 radical (unpaired) electrons. The van der Waals surface area contributed by atoms with Crippen LogP contribution in [0.25, 0.3) is 0 Å². The predicted octanol–water partition coefficient (Wildman–Crippen LogP) is 0.755.